The lowest BCUT2D eigenvalue weighted by molar-refractivity contribution is -0.157. The summed E-state index contributed by atoms with van der Waals surface area (Å²) in [6.45, 7) is 5.50. The van der Waals surface area contributed by atoms with E-state index >= 15 is 0 Å². The zero-order valence-corrected chi connectivity index (χ0v) is 23.4. The number of rotatable bonds is 6. The van der Waals surface area contributed by atoms with Gasteiger partial charge in [-0.1, -0.05) is 26.0 Å². The molecular formula is C31H33N3O6. The number of carbonyl (C=O) groups excluding carboxylic acids is 1. The van der Waals surface area contributed by atoms with Crippen LogP contribution in [0.1, 0.15) is 47.8 Å². The minimum atomic E-state index is -1.48. The molecule has 1 N–H and O–H groups in total. The topological polar surface area (TPSA) is 103 Å². The first-order valence-corrected chi connectivity index (χ1v) is 13.3. The molecule has 0 saturated heterocycles. The van der Waals surface area contributed by atoms with Gasteiger partial charge in [0.2, 0.25) is 0 Å². The SMILES string of the molecule is CC.COc1ccc(CN(C)Cc2c3c(nc4ccc(OC)cc24)-c2cc4c(c(=O)n2C3)COC(=O)C4O)cc1. The van der Waals surface area contributed by atoms with Crippen molar-refractivity contribution < 1.29 is 24.1 Å². The lowest BCUT2D eigenvalue weighted by atomic mass is 9.98. The Morgan fingerprint density at radius 3 is 2.40 bits per heavy atom. The van der Waals surface area contributed by atoms with Crippen molar-refractivity contribution in [1.82, 2.24) is 14.5 Å². The molecule has 0 bridgehead atoms. The number of ether oxygens (including phenoxy) is 3. The molecule has 0 saturated carbocycles. The quantitative estimate of drug-likeness (QED) is 0.318. The first-order valence-electron chi connectivity index (χ1n) is 13.3. The molecule has 6 rings (SSSR count). The fraction of sp³-hybridized carbons (Fsp3) is 0.323. The number of carbonyl (C=O) groups is 1. The van der Waals surface area contributed by atoms with Gasteiger partial charge in [-0.05, 0) is 54.6 Å². The molecule has 2 aromatic heterocycles. The van der Waals surface area contributed by atoms with E-state index in [1.165, 1.54) is 0 Å². The van der Waals surface area contributed by atoms with Crippen LogP contribution in [0, 0.1) is 0 Å². The van der Waals surface area contributed by atoms with E-state index in [0.717, 1.165) is 39.1 Å². The minimum absolute atomic E-state index is 0.148. The number of esters is 1. The highest BCUT2D eigenvalue weighted by Crippen LogP contribution is 2.39. The highest BCUT2D eigenvalue weighted by Gasteiger charge is 2.34. The number of nitrogens with zero attached hydrogens (tertiary/aromatic N) is 3. The molecule has 4 aromatic rings. The van der Waals surface area contributed by atoms with Gasteiger partial charge in [-0.15, -0.1) is 0 Å². The molecule has 2 aliphatic heterocycles. The van der Waals surface area contributed by atoms with Crippen molar-refractivity contribution in [1.29, 1.82) is 0 Å². The molecule has 2 aliphatic rings. The predicted molar refractivity (Wildman–Crippen MR) is 151 cm³/mol. The van der Waals surface area contributed by atoms with Crippen molar-refractivity contribution in [3.8, 4) is 22.9 Å². The lowest BCUT2D eigenvalue weighted by Crippen LogP contribution is -2.32. The van der Waals surface area contributed by atoms with Crippen LogP contribution in [-0.4, -0.2) is 46.8 Å². The average Bonchev–Trinajstić information content (AvgIpc) is 3.35. The van der Waals surface area contributed by atoms with Gasteiger partial charge in [-0.25, -0.2) is 9.78 Å². The first kappa shape index (κ1) is 27.4. The van der Waals surface area contributed by atoms with Gasteiger partial charge in [-0.2, -0.15) is 0 Å². The Morgan fingerprint density at radius 2 is 1.70 bits per heavy atom. The lowest BCUT2D eigenvalue weighted by Gasteiger charge is -2.21. The third kappa shape index (κ3) is 4.71. The number of aliphatic hydroxyl groups is 1. The summed E-state index contributed by atoms with van der Waals surface area (Å²) < 4.78 is 17.5. The van der Waals surface area contributed by atoms with Crippen LogP contribution >= 0.6 is 0 Å². The Labute approximate surface area is 232 Å². The van der Waals surface area contributed by atoms with Gasteiger partial charge in [0.25, 0.3) is 5.56 Å². The maximum absolute atomic E-state index is 13.4. The number of methoxy groups -OCH3 is 2. The second kappa shape index (κ2) is 11.1. The Hall–Kier alpha value is -4.21. The summed E-state index contributed by atoms with van der Waals surface area (Å²) in [6.07, 6.45) is -1.48. The number of hydrogen-bond donors (Lipinski definition) is 1. The fourth-order valence-corrected chi connectivity index (χ4v) is 5.36. The van der Waals surface area contributed by atoms with E-state index in [1.807, 2.05) is 56.3 Å². The summed E-state index contributed by atoms with van der Waals surface area (Å²) in [5.41, 5.74) is 5.50. The molecule has 9 heteroatoms. The smallest absolute Gasteiger partial charge is 0.340 e. The van der Waals surface area contributed by atoms with E-state index < -0.39 is 12.1 Å². The zero-order chi connectivity index (χ0) is 28.6. The van der Waals surface area contributed by atoms with E-state index in [9.17, 15) is 14.7 Å². The van der Waals surface area contributed by atoms with Crippen LogP contribution in [0.5, 0.6) is 11.5 Å². The maximum atomic E-state index is 13.4. The number of benzene rings is 2. The van der Waals surface area contributed by atoms with Crippen molar-refractivity contribution in [2.45, 2.75) is 46.2 Å². The number of fused-ring (bicyclic) bond motifs is 5. The molecule has 40 heavy (non-hydrogen) atoms. The molecule has 0 radical (unpaired) electrons. The number of cyclic esters (lactones) is 1. The van der Waals surface area contributed by atoms with E-state index in [4.69, 9.17) is 19.2 Å². The zero-order valence-electron chi connectivity index (χ0n) is 23.4. The van der Waals surface area contributed by atoms with Crippen LogP contribution in [-0.2, 0) is 35.8 Å². The van der Waals surface area contributed by atoms with Gasteiger partial charge in [-0.3, -0.25) is 9.69 Å². The minimum Gasteiger partial charge on any atom is -0.497 e. The summed E-state index contributed by atoms with van der Waals surface area (Å²) in [6, 6.07) is 15.4. The molecule has 1 unspecified atom stereocenters. The van der Waals surface area contributed by atoms with Crippen LogP contribution in [0.25, 0.3) is 22.3 Å². The van der Waals surface area contributed by atoms with Crippen LogP contribution in [0.15, 0.2) is 53.3 Å². The second-order valence-corrected chi connectivity index (χ2v) is 9.69. The number of hydrogen-bond acceptors (Lipinski definition) is 8. The molecule has 0 amide bonds. The van der Waals surface area contributed by atoms with E-state index in [1.54, 1.807) is 24.9 Å². The number of aliphatic hydroxyl groups excluding tert-OH is 1. The van der Waals surface area contributed by atoms with Crippen molar-refractivity contribution in [2.75, 3.05) is 21.3 Å². The van der Waals surface area contributed by atoms with Gasteiger partial charge in [0.05, 0.1) is 43.2 Å². The molecule has 4 heterocycles. The van der Waals surface area contributed by atoms with Crippen LogP contribution in [0.3, 0.4) is 0 Å². The van der Waals surface area contributed by atoms with Gasteiger partial charge >= 0.3 is 5.97 Å². The Morgan fingerprint density at radius 1 is 1.00 bits per heavy atom. The first-order chi connectivity index (χ1) is 19.4. The van der Waals surface area contributed by atoms with E-state index in [-0.39, 0.29) is 12.2 Å². The molecule has 208 valence electrons. The molecule has 1 atom stereocenters. The van der Waals surface area contributed by atoms with E-state index in [2.05, 4.69) is 11.9 Å². The highest BCUT2D eigenvalue weighted by atomic mass is 16.5. The van der Waals surface area contributed by atoms with Crippen molar-refractivity contribution in [2.24, 2.45) is 0 Å². The van der Waals surface area contributed by atoms with Gasteiger partial charge in [0.1, 0.15) is 18.1 Å². The summed E-state index contributed by atoms with van der Waals surface area (Å²) in [4.78, 5) is 32.6. The van der Waals surface area contributed by atoms with Crippen molar-refractivity contribution in [3.63, 3.8) is 0 Å². The van der Waals surface area contributed by atoms with Crippen molar-refractivity contribution >= 4 is 16.9 Å². The van der Waals surface area contributed by atoms with Crippen molar-refractivity contribution in [3.05, 3.63) is 86.7 Å². The molecule has 0 spiro atoms. The van der Waals surface area contributed by atoms with Gasteiger partial charge < -0.3 is 23.9 Å². The maximum Gasteiger partial charge on any atom is 0.340 e. The van der Waals surface area contributed by atoms with Gasteiger partial charge in [0, 0.05) is 29.6 Å². The molecule has 2 aromatic carbocycles. The average molecular weight is 544 g/mol. The highest BCUT2D eigenvalue weighted by molar-refractivity contribution is 5.89. The Bertz CT molecular complexity index is 1640. The van der Waals surface area contributed by atoms with Gasteiger partial charge in [0.15, 0.2) is 6.10 Å². The van der Waals surface area contributed by atoms with Crippen LogP contribution in [0.4, 0.5) is 0 Å². The summed E-state index contributed by atoms with van der Waals surface area (Å²) in [7, 11) is 5.33. The summed E-state index contributed by atoms with van der Waals surface area (Å²) in [5, 5.41) is 11.4. The number of aromatic nitrogens is 2. The van der Waals surface area contributed by atoms with Crippen LogP contribution in [0.2, 0.25) is 0 Å². The molecule has 0 aliphatic carbocycles. The summed E-state index contributed by atoms with van der Waals surface area (Å²) >= 11 is 0. The fourth-order valence-electron chi connectivity index (χ4n) is 5.36. The normalized spacial score (nSPS) is 15.1. The van der Waals surface area contributed by atoms with E-state index in [0.29, 0.717) is 42.1 Å². The third-order valence-electron chi connectivity index (χ3n) is 7.32. The summed E-state index contributed by atoms with van der Waals surface area (Å²) in [5.74, 6) is 0.782. The monoisotopic (exact) mass is 543 g/mol. The second-order valence-electron chi connectivity index (χ2n) is 9.69. The van der Waals surface area contributed by atoms with Crippen LogP contribution < -0.4 is 15.0 Å². The number of pyridine rings is 2. The standard InChI is InChI=1S/C29H27N3O6.C2H6/c1-31(12-16-4-6-17(36-2)7-5-16)13-21-19-10-18(37-3)8-9-24(19)30-26-22(21)14-32-25(26)11-20-23(28(32)34)15-38-29(35)27(20)33;1-2/h4-11,27,33H,12-15H2,1-3H3;1-2H3. The third-order valence-corrected chi connectivity index (χ3v) is 7.32. The molecule has 0 fully saturated rings. The molecular weight excluding hydrogens is 510 g/mol. The Kier molecular flexibility index (Phi) is 7.60. The predicted octanol–water partition coefficient (Wildman–Crippen LogP) is 4.19. The Balaban J connectivity index is 0.00000158. The largest absolute Gasteiger partial charge is 0.497 e. The molecule has 9 nitrogen and oxygen atoms in total.